The fourth-order valence-corrected chi connectivity index (χ4v) is 3.24. The number of morpholine rings is 1. The molecule has 0 radical (unpaired) electrons. The first-order valence-electron chi connectivity index (χ1n) is 8.82. The fourth-order valence-electron chi connectivity index (χ4n) is 3.05. The number of hydrogen-bond donors (Lipinski definition) is 1. The van der Waals surface area contributed by atoms with Crippen molar-refractivity contribution in [2.24, 2.45) is 0 Å². The lowest BCUT2D eigenvalue weighted by Gasteiger charge is -2.40. The molecule has 0 spiro atoms. The second-order valence-corrected chi connectivity index (χ2v) is 7.52. The van der Waals surface area contributed by atoms with Crippen LogP contribution in [-0.2, 0) is 11.3 Å². The predicted molar refractivity (Wildman–Crippen MR) is 102 cm³/mol. The number of halogens is 1. The van der Waals surface area contributed by atoms with Crippen LogP contribution in [0.2, 0.25) is 5.02 Å². The first-order valence-corrected chi connectivity index (χ1v) is 9.20. The Morgan fingerprint density at radius 1 is 1.31 bits per heavy atom. The Labute approximate surface area is 159 Å². The number of nitrogens with one attached hydrogen (secondary N) is 1. The maximum atomic E-state index is 12.5. The number of amides is 1. The van der Waals surface area contributed by atoms with E-state index >= 15 is 0 Å². The minimum Gasteiger partial charge on any atom is -0.379 e. The Balaban J connectivity index is 1.57. The van der Waals surface area contributed by atoms with Crippen LogP contribution in [0.3, 0.4) is 0 Å². The van der Waals surface area contributed by atoms with Gasteiger partial charge >= 0.3 is 0 Å². The molecule has 1 N–H and O–H groups in total. The molecule has 0 bridgehead atoms. The van der Waals surface area contributed by atoms with Crippen LogP contribution in [-0.4, -0.2) is 59.0 Å². The number of benzene rings is 1. The molecule has 1 saturated heterocycles. The van der Waals surface area contributed by atoms with Crippen LogP contribution in [0, 0.1) is 0 Å². The zero-order valence-electron chi connectivity index (χ0n) is 15.2. The van der Waals surface area contributed by atoms with Crippen molar-refractivity contribution >= 4 is 17.5 Å². The van der Waals surface area contributed by atoms with Gasteiger partial charge in [-0.15, -0.1) is 0 Å². The zero-order valence-corrected chi connectivity index (χ0v) is 16.0. The Morgan fingerprint density at radius 2 is 2.04 bits per heavy atom. The summed E-state index contributed by atoms with van der Waals surface area (Å²) in [5, 5.41) is 8.00. The summed E-state index contributed by atoms with van der Waals surface area (Å²) in [6, 6.07) is 7.63. The number of hydrogen-bond acceptors (Lipinski definition) is 4. The van der Waals surface area contributed by atoms with Gasteiger partial charge in [-0.3, -0.25) is 14.4 Å². The van der Waals surface area contributed by atoms with E-state index in [2.05, 4.69) is 29.2 Å². The Hall–Kier alpha value is -1.89. The highest BCUT2D eigenvalue weighted by molar-refractivity contribution is 6.31. The SMILES string of the molecule is CC(C)(CNC(=O)c1cnn(Cc2ccccc2Cl)c1)N1CCOCC1. The molecule has 7 heteroatoms. The number of aromatic nitrogens is 2. The summed E-state index contributed by atoms with van der Waals surface area (Å²) in [4.78, 5) is 14.8. The van der Waals surface area contributed by atoms with Gasteiger partial charge < -0.3 is 10.1 Å². The second-order valence-electron chi connectivity index (χ2n) is 7.11. The van der Waals surface area contributed by atoms with E-state index in [9.17, 15) is 4.79 Å². The van der Waals surface area contributed by atoms with Crippen LogP contribution >= 0.6 is 11.6 Å². The first kappa shape index (κ1) is 18.9. The molecule has 0 unspecified atom stereocenters. The molecule has 1 fully saturated rings. The van der Waals surface area contributed by atoms with E-state index in [4.69, 9.17) is 16.3 Å². The van der Waals surface area contributed by atoms with Crippen molar-refractivity contribution in [2.75, 3.05) is 32.8 Å². The van der Waals surface area contributed by atoms with E-state index in [0.717, 1.165) is 31.9 Å². The molecule has 1 aliphatic heterocycles. The normalized spacial score (nSPS) is 15.8. The molecular weight excluding hydrogens is 352 g/mol. The van der Waals surface area contributed by atoms with Crippen LogP contribution in [0.5, 0.6) is 0 Å². The molecule has 0 aliphatic carbocycles. The first-order chi connectivity index (χ1) is 12.5. The average molecular weight is 377 g/mol. The molecule has 26 heavy (non-hydrogen) atoms. The summed E-state index contributed by atoms with van der Waals surface area (Å²) in [6.45, 7) is 8.64. The van der Waals surface area contributed by atoms with E-state index in [1.807, 2.05) is 24.3 Å². The zero-order chi connectivity index (χ0) is 18.6. The molecule has 1 amide bonds. The number of carbonyl (C=O) groups is 1. The highest BCUT2D eigenvalue weighted by Gasteiger charge is 2.28. The van der Waals surface area contributed by atoms with Crippen molar-refractivity contribution in [2.45, 2.75) is 25.9 Å². The number of rotatable bonds is 6. The molecule has 3 rings (SSSR count). The van der Waals surface area contributed by atoms with Gasteiger partial charge in [0.2, 0.25) is 0 Å². The highest BCUT2D eigenvalue weighted by Crippen LogP contribution is 2.17. The van der Waals surface area contributed by atoms with Gasteiger partial charge in [0.1, 0.15) is 0 Å². The van der Waals surface area contributed by atoms with Crippen molar-refractivity contribution < 1.29 is 9.53 Å². The lowest BCUT2D eigenvalue weighted by atomic mass is 10.0. The van der Waals surface area contributed by atoms with Gasteiger partial charge in [0.15, 0.2) is 0 Å². The lowest BCUT2D eigenvalue weighted by Crippen LogP contribution is -2.55. The van der Waals surface area contributed by atoms with Gasteiger partial charge in [-0.1, -0.05) is 29.8 Å². The highest BCUT2D eigenvalue weighted by atomic mass is 35.5. The number of ether oxygens (including phenoxy) is 1. The van der Waals surface area contributed by atoms with Gasteiger partial charge in [0, 0.05) is 36.4 Å². The largest absolute Gasteiger partial charge is 0.379 e. The third-order valence-electron chi connectivity index (χ3n) is 4.73. The van der Waals surface area contributed by atoms with Crippen LogP contribution in [0.4, 0.5) is 0 Å². The number of nitrogens with zero attached hydrogens (tertiary/aromatic N) is 3. The topological polar surface area (TPSA) is 59.4 Å². The quantitative estimate of drug-likeness (QED) is 0.841. The molecule has 140 valence electrons. The molecule has 2 aromatic rings. The Kier molecular flexibility index (Phi) is 5.96. The summed E-state index contributed by atoms with van der Waals surface area (Å²) in [7, 11) is 0. The van der Waals surface area contributed by atoms with Crippen molar-refractivity contribution in [3.05, 3.63) is 52.8 Å². The van der Waals surface area contributed by atoms with E-state index in [1.54, 1.807) is 17.1 Å². The molecule has 1 aromatic heterocycles. The average Bonchev–Trinajstić information content (AvgIpc) is 3.11. The van der Waals surface area contributed by atoms with E-state index in [0.29, 0.717) is 23.7 Å². The van der Waals surface area contributed by atoms with Crippen LogP contribution in [0.25, 0.3) is 0 Å². The summed E-state index contributed by atoms with van der Waals surface area (Å²) in [6.07, 6.45) is 3.34. The lowest BCUT2D eigenvalue weighted by molar-refractivity contribution is -0.00923. The number of carbonyl (C=O) groups excluding carboxylic acids is 1. The minimum atomic E-state index is -0.118. The standard InChI is InChI=1S/C19H25ClN4O2/c1-19(2,23-7-9-26-10-8-23)14-21-18(25)16-11-22-24(13-16)12-15-5-3-4-6-17(15)20/h3-6,11,13H,7-10,12,14H2,1-2H3,(H,21,25). The molecule has 1 aliphatic rings. The van der Waals surface area contributed by atoms with Crippen molar-refractivity contribution in [1.82, 2.24) is 20.0 Å². The molecule has 0 saturated carbocycles. The van der Waals surface area contributed by atoms with Crippen LogP contribution in [0.1, 0.15) is 29.8 Å². The summed E-state index contributed by atoms with van der Waals surface area (Å²) >= 11 is 6.18. The molecule has 0 atom stereocenters. The third-order valence-corrected chi connectivity index (χ3v) is 5.10. The molecule has 1 aromatic carbocycles. The van der Waals surface area contributed by atoms with Gasteiger partial charge in [0.25, 0.3) is 5.91 Å². The summed E-state index contributed by atoms with van der Waals surface area (Å²) in [5.41, 5.74) is 1.40. The maximum absolute atomic E-state index is 12.5. The van der Waals surface area contributed by atoms with Gasteiger partial charge in [-0.05, 0) is 25.5 Å². The maximum Gasteiger partial charge on any atom is 0.254 e. The summed E-state index contributed by atoms with van der Waals surface area (Å²) in [5.74, 6) is -0.114. The van der Waals surface area contributed by atoms with Gasteiger partial charge in [0.05, 0.1) is 31.5 Å². The monoisotopic (exact) mass is 376 g/mol. The third kappa shape index (κ3) is 4.63. The molecule has 2 heterocycles. The smallest absolute Gasteiger partial charge is 0.254 e. The van der Waals surface area contributed by atoms with E-state index in [1.165, 1.54) is 0 Å². The van der Waals surface area contributed by atoms with Gasteiger partial charge in [-0.2, -0.15) is 5.10 Å². The van der Waals surface area contributed by atoms with Crippen LogP contribution < -0.4 is 5.32 Å². The fraction of sp³-hybridized carbons (Fsp3) is 0.474. The second kappa shape index (κ2) is 8.20. The minimum absolute atomic E-state index is 0.114. The van der Waals surface area contributed by atoms with Crippen molar-refractivity contribution in [3.63, 3.8) is 0 Å². The Bertz CT molecular complexity index is 754. The predicted octanol–water partition coefficient (Wildman–Crippen LogP) is 2.43. The van der Waals surface area contributed by atoms with Crippen molar-refractivity contribution in [3.8, 4) is 0 Å². The van der Waals surface area contributed by atoms with Gasteiger partial charge in [-0.25, -0.2) is 0 Å². The molecular formula is C19H25ClN4O2. The van der Waals surface area contributed by atoms with Crippen molar-refractivity contribution in [1.29, 1.82) is 0 Å². The molecule has 6 nitrogen and oxygen atoms in total. The van der Waals surface area contributed by atoms with E-state index < -0.39 is 0 Å². The Morgan fingerprint density at radius 3 is 2.77 bits per heavy atom. The summed E-state index contributed by atoms with van der Waals surface area (Å²) < 4.78 is 7.13. The van der Waals surface area contributed by atoms with Crippen LogP contribution in [0.15, 0.2) is 36.7 Å². The van der Waals surface area contributed by atoms with E-state index in [-0.39, 0.29) is 11.4 Å².